The third-order valence-electron chi connectivity index (χ3n) is 4.46. The molecule has 150 valence electrons. The molecule has 2 aromatic carbocycles. The summed E-state index contributed by atoms with van der Waals surface area (Å²) >= 11 is 6.26. The van der Waals surface area contributed by atoms with E-state index in [2.05, 4.69) is 10.3 Å². The van der Waals surface area contributed by atoms with Gasteiger partial charge in [0.1, 0.15) is 5.69 Å². The minimum absolute atomic E-state index is 0.110. The number of ether oxygens (including phenoxy) is 1. The third-order valence-corrected chi connectivity index (χ3v) is 4.85. The first-order valence-corrected chi connectivity index (χ1v) is 9.58. The van der Waals surface area contributed by atoms with E-state index in [4.69, 9.17) is 16.3 Å². The van der Waals surface area contributed by atoms with Gasteiger partial charge in [0.15, 0.2) is 6.10 Å². The van der Waals surface area contributed by atoms with Gasteiger partial charge in [0, 0.05) is 28.1 Å². The fourth-order valence-electron chi connectivity index (χ4n) is 2.76. The highest BCUT2D eigenvalue weighted by Crippen LogP contribution is 2.28. The smallest absolute Gasteiger partial charge is 0.357 e. The predicted octanol–water partition coefficient (Wildman–Crippen LogP) is 4.84. The standard InChI is InChI=1S/C22H21ClN2O4/c1-12(2)21(27)24-15-10-8-14(9-11-15)20(26)13(3)29-22(28)19-18(23)16-6-4-5-7-17(16)25-19/h4-13,25H,1-3H3,(H,24,27). The Bertz CT molecular complexity index is 1070. The van der Waals surface area contributed by atoms with Crippen LogP contribution in [0.3, 0.4) is 0 Å². The summed E-state index contributed by atoms with van der Waals surface area (Å²) in [7, 11) is 0. The number of aromatic amines is 1. The van der Waals surface area contributed by atoms with Crippen LogP contribution in [-0.2, 0) is 9.53 Å². The number of ketones is 1. The highest BCUT2D eigenvalue weighted by Gasteiger charge is 2.24. The third kappa shape index (κ3) is 4.49. The van der Waals surface area contributed by atoms with Crippen molar-refractivity contribution in [1.29, 1.82) is 0 Å². The monoisotopic (exact) mass is 412 g/mol. The van der Waals surface area contributed by atoms with E-state index < -0.39 is 12.1 Å². The number of hydrogen-bond donors (Lipinski definition) is 2. The molecule has 0 radical (unpaired) electrons. The van der Waals surface area contributed by atoms with Crippen molar-refractivity contribution in [3.63, 3.8) is 0 Å². The lowest BCUT2D eigenvalue weighted by Gasteiger charge is -2.13. The minimum atomic E-state index is -0.999. The quantitative estimate of drug-likeness (QED) is 0.447. The molecule has 0 aliphatic carbocycles. The minimum Gasteiger partial charge on any atom is -0.450 e. The summed E-state index contributed by atoms with van der Waals surface area (Å²) in [5.41, 5.74) is 1.78. The molecule has 0 fully saturated rings. The summed E-state index contributed by atoms with van der Waals surface area (Å²) in [6.45, 7) is 5.09. The van der Waals surface area contributed by atoms with Crippen LogP contribution in [-0.4, -0.2) is 28.7 Å². The Kier molecular flexibility index (Phi) is 6.03. The van der Waals surface area contributed by atoms with Crippen molar-refractivity contribution in [2.24, 2.45) is 5.92 Å². The summed E-state index contributed by atoms with van der Waals surface area (Å²) < 4.78 is 5.32. The Morgan fingerprint density at radius 2 is 1.66 bits per heavy atom. The molecule has 1 aromatic heterocycles. The van der Waals surface area contributed by atoms with Crippen LogP contribution in [0.1, 0.15) is 41.6 Å². The molecule has 1 unspecified atom stereocenters. The molecule has 7 heteroatoms. The van der Waals surface area contributed by atoms with Crippen molar-refractivity contribution in [2.75, 3.05) is 5.32 Å². The van der Waals surface area contributed by atoms with Gasteiger partial charge in [0.25, 0.3) is 0 Å². The molecule has 2 N–H and O–H groups in total. The van der Waals surface area contributed by atoms with E-state index in [-0.39, 0.29) is 28.3 Å². The molecule has 1 amide bonds. The number of halogens is 1. The summed E-state index contributed by atoms with van der Waals surface area (Å²) in [4.78, 5) is 39.7. The van der Waals surface area contributed by atoms with Crippen LogP contribution in [0.15, 0.2) is 48.5 Å². The zero-order valence-electron chi connectivity index (χ0n) is 16.3. The Morgan fingerprint density at radius 3 is 2.28 bits per heavy atom. The number of aromatic nitrogens is 1. The number of amides is 1. The van der Waals surface area contributed by atoms with Crippen LogP contribution in [0.4, 0.5) is 5.69 Å². The summed E-state index contributed by atoms with van der Waals surface area (Å²) in [5.74, 6) is -1.31. The zero-order chi connectivity index (χ0) is 21.1. The summed E-state index contributed by atoms with van der Waals surface area (Å²) in [6, 6.07) is 13.7. The largest absolute Gasteiger partial charge is 0.450 e. The van der Waals surface area contributed by atoms with Crippen LogP contribution < -0.4 is 5.32 Å². The fraction of sp³-hybridized carbons (Fsp3) is 0.227. The SMILES string of the molecule is CC(C)C(=O)Nc1ccc(C(=O)C(C)OC(=O)c2[nH]c3ccccc3c2Cl)cc1. The average molecular weight is 413 g/mol. The second-order valence-electron chi connectivity index (χ2n) is 6.99. The molecule has 0 bridgehead atoms. The molecular formula is C22H21ClN2O4. The topological polar surface area (TPSA) is 88.3 Å². The number of esters is 1. The van der Waals surface area contributed by atoms with Gasteiger partial charge in [-0.3, -0.25) is 9.59 Å². The number of Topliss-reactive ketones (excluding diaryl/α,β-unsaturated/α-hetero) is 1. The van der Waals surface area contributed by atoms with Gasteiger partial charge in [-0.2, -0.15) is 0 Å². The highest BCUT2D eigenvalue weighted by atomic mass is 35.5. The Morgan fingerprint density at radius 1 is 1.00 bits per heavy atom. The molecule has 1 heterocycles. The molecule has 1 atom stereocenters. The van der Waals surface area contributed by atoms with E-state index >= 15 is 0 Å². The average Bonchev–Trinajstić information content (AvgIpc) is 3.05. The van der Waals surface area contributed by atoms with Crippen LogP contribution >= 0.6 is 11.6 Å². The number of fused-ring (bicyclic) bond motifs is 1. The van der Waals surface area contributed by atoms with Crippen molar-refractivity contribution in [1.82, 2.24) is 4.98 Å². The molecule has 0 spiro atoms. The predicted molar refractivity (Wildman–Crippen MR) is 112 cm³/mol. The lowest BCUT2D eigenvalue weighted by Crippen LogP contribution is -2.25. The van der Waals surface area contributed by atoms with E-state index in [0.717, 1.165) is 0 Å². The lowest BCUT2D eigenvalue weighted by atomic mass is 10.1. The van der Waals surface area contributed by atoms with Gasteiger partial charge < -0.3 is 15.0 Å². The van der Waals surface area contributed by atoms with Gasteiger partial charge in [-0.05, 0) is 37.3 Å². The molecule has 3 aromatic rings. The molecule has 3 rings (SSSR count). The maximum Gasteiger partial charge on any atom is 0.357 e. The van der Waals surface area contributed by atoms with Gasteiger partial charge >= 0.3 is 5.97 Å². The van der Waals surface area contributed by atoms with Crippen molar-refractivity contribution in [3.8, 4) is 0 Å². The molecule has 0 aliphatic heterocycles. The Hall–Kier alpha value is -3.12. The number of para-hydroxylation sites is 1. The van der Waals surface area contributed by atoms with Gasteiger partial charge in [0.2, 0.25) is 11.7 Å². The molecular weight excluding hydrogens is 392 g/mol. The van der Waals surface area contributed by atoms with Crippen LogP contribution in [0.5, 0.6) is 0 Å². The van der Waals surface area contributed by atoms with E-state index in [0.29, 0.717) is 22.2 Å². The van der Waals surface area contributed by atoms with E-state index in [1.807, 2.05) is 12.1 Å². The maximum atomic E-state index is 12.6. The number of H-pyrrole nitrogens is 1. The lowest BCUT2D eigenvalue weighted by molar-refractivity contribution is -0.118. The number of anilines is 1. The molecule has 29 heavy (non-hydrogen) atoms. The maximum absolute atomic E-state index is 12.6. The number of rotatable bonds is 6. The van der Waals surface area contributed by atoms with Crippen LogP contribution in [0, 0.1) is 5.92 Å². The first-order valence-electron chi connectivity index (χ1n) is 9.20. The summed E-state index contributed by atoms with van der Waals surface area (Å²) in [6.07, 6.45) is -0.999. The molecule has 0 aliphatic rings. The van der Waals surface area contributed by atoms with Crippen molar-refractivity contribution >= 4 is 45.9 Å². The van der Waals surface area contributed by atoms with E-state index in [1.165, 1.54) is 6.92 Å². The molecule has 6 nitrogen and oxygen atoms in total. The fourth-order valence-corrected chi connectivity index (χ4v) is 3.05. The van der Waals surface area contributed by atoms with Gasteiger partial charge in [-0.1, -0.05) is 43.6 Å². The second kappa shape index (κ2) is 8.49. The zero-order valence-corrected chi connectivity index (χ0v) is 17.0. The normalized spacial score (nSPS) is 12.0. The van der Waals surface area contributed by atoms with Gasteiger partial charge in [0.05, 0.1) is 5.02 Å². The first-order chi connectivity index (χ1) is 13.8. The molecule has 0 saturated heterocycles. The van der Waals surface area contributed by atoms with Crippen molar-refractivity contribution in [3.05, 3.63) is 64.8 Å². The van der Waals surface area contributed by atoms with E-state index in [1.54, 1.807) is 50.2 Å². The number of carbonyl (C=O) groups excluding carboxylic acids is 3. The number of benzene rings is 2. The first kappa shape index (κ1) is 20.6. The second-order valence-corrected chi connectivity index (χ2v) is 7.37. The number of nitrogens with one attached hydrogen (secondary N) is 2. The number of hydrogen-bond acceptors (Lipinski definition) is 4. The van der Waals surface area contributed by atoms with Crippen LogP contribution in [0.25, 0.3) is 10.9 Å². The Balaban J connectivity index is 1.69. The van der Waals surface area contributed by atoms with E-state index in [9.17, 15) is 14.4 Å². The number of carbonyl (C=O) groups is 3. The van der Waals surface area contributed by atoms with Gasteiger partial charge in [-0.25, -0.2) is 4.79 Å². The van der Waals surface area contributed by atoms with Crippen molar-refractivity contribution in [2.45, 2.75) is 26.9 Å². The van der Waals surface area contributed by atoms with Gasteiger partial charge in [-0.15, -0.1) is 0 Å². The Labute approximate surface area is 173 Å². The van der Waals surface area contributed by atoms with Crippen molar-refractivity contribution < 1.29 is 19.1 Å². The highest BCUT2D eigenvalue weighted by molar-refractivity contribution is 6.38. The summed E-state index contributed by atoms with van der Waals surface area (Å²) in [5, 5.41) is 3.72. The molecule has 0 saturated carbocycles. The van der Waals surface area contributed by atoms with Crippen LogP contribution in [0.2, 0.25) is 5.02 Å².